The van der Waals surface area contributed by atoms with Gasteiger partial charge in [-0.3, -0.25) is 9.59 Å². The molecule has 1 aliphatic heterocycles. The lowest BCUT2D eigenvalue weighted by Crippen LogP contribution is -2.60. The number of halogens is 1. The number of hydrogen-bond donors (Lipinski definition) is 0. The van der Waals surface area contributed by atoms with E-state index < -0.39 is 11.7 Å². The molecule has 0 spiro atoms. The molecule has 0 N–H and O–H groups in total. The van der Waals surface area contributed by atoms with Crippen LogP contribution >= 0.6 is 0 Å². The number of amides is 1. The summed E-state index contributed by atoms with van der Waals surface area (Å²) in [5, 5.41) is 0. The highest BCUT2D eigenvalue weighted by atomic mass is 19.1. The van der Waals surface area contributed by atoms with Crippen molar-refractivity contribution in [3.63, 3.8) is 0 Å². The van der Waals surface area contributed by atoms with E-state index in [1.807, 2.05) is 0 Å². The lowest BCUT2D eigenvalue weighted by Gasteiger charge is -2.60. The van der Waals surface area contributed by atoms with Crippen molar-refractivity contribution < 1.29 is 18.7 Å². The summed E-state index contributed by atoms with van der Waals surface area (Å²) in [4.78, 5) is 26.1. The van der Waals surface area contributed by atoms with E-state index in [1.165, 1.54) is 7.11 Å². The summed E-state index contributed by atoms with van der Waals surface area (Å²) in [5.41, 5.74) is -0.309. The summed E-state index contributed by atoms with van der Waals surface area (Å²) >= 11 is 0. The molecule has 0 bridgehead atoms. The topological polar surface area (TPSA) is 46.6 Å². The number of nitrogens with zero attached hydrogens (tertiary/aromatic N) is 1. The Morgan fingerprint density at radius 1 is 1.19 bits per heavy atom. The van der Waals surface area contributed by atoms with E-state index in [2.05, 4.69) is 13.8 Å². The maximum Gasteiger partial charge on any atom is 0.309 e. The summed E-state index contributed by atoms with van der Waals surface area (Å²) in [6.45, 7) is 4.41. The fraction of sp³-hybridized carbons (Fsp3) is 0.810. The standard InChI is InChI=1S/C21H30FNO3/c1-20-10-9-14-12(13(20)6-7-15(20)19(25)26-4)5-8-17-21(14,2)11-16(22)18(24)23(17)3/h11-15,17H,5-10H2,1-4H3/t12?,13-,14?,15?,17+,20-,21+/m0/s1. The number of ether oxygens (including phenoxy) is 1. The van der Waals surface area contributed by atoms with Crippen LogP contribution in [0.15, 0.2) is 11.9 Å². The third-order valence-electron chi connectivity index (χ3n) is 8.64. The summed E-state index contributed by atoms with van der Waals surface area (Å²) in [6.07, 6.45) is 7.54. The molecule has 3 unspecified atom stereocenters. The maximum atomic E-state index is 14.4. The van der Waals surface area contributed by atoms with Crippen LogP contribution in [0.2, 0.25) is 0 Å². The van der Waals surface area contributed by atoms with Gasteiger partial charge in [0.05, 0.1) is 13.0 Å². The SMILES string of the molecule is COC(=O)C1CC[C@H]2C3CC[C@H]4N(C)C(=O)C(F)=C[C@]4(C)C3CC[C@]12C. The first-order valence-corrected chi connectivity index (χ1v) is 9.97. The predicted octanol–water partition coefficient (Wildman–Crippen LogP) is 3.71. The first kappa shape index (κ1) is 18.0. The van der Waals surface area contributed by atoms with Crippen molar-refractivity contribution in [2.24, 2.45) is 34.5 Å². The van der Waals surface area contributed by atoms with Crippen molar-refractivity contribution in [2.75, 3.05) is 14.2 Å². The van der Waals surface area contributed by atoms with E-state index in [0.29, 0.717) is 17.8 Å². The van der Waals surface area contributed by atoms with E-state index in [0.717, 1.165) is 38.5 Å². The molecule has 0 saturated heterocycles. The lowest BCUT2D eigenvalue weighted by molar-refractivity contribution is -0.156. The summed E-state index contributed by atoms with van der Waals surface area (Å²) in [7, 11) is 3.23. The van der Waals surface area contributed by atoms with E-state index in [-0.39, 0.29) is 28.8 Å². The maximum absolute atomic E-state index is 14.4. The fourth-order valence-electron chi connectivity index (χ4n) is 7.36. The van der Waals surface area contributed by atoms with Gasteiger partial charge in [0.25, 0.3) is 5.91 Å². The van der Waals surface area contributed by atoms with Crippen molar-refractivity contribution in [2.45, 2.75) is 58.4 Å². The highest BCUT2D eigenvalue weighted by Gasteiger charge is 2.62. The van der Waals surface area contributed by atoms with Gasteiger partial charge in [-0.2, -0.15) is 0 Å². The first-order chi connectivity index (χ1) is 12.2. The minimum Gasteiger partial charge on any atom is -0.469 e. The van der Waals surface area contributed by atoms with Crippen molar-refractivity contribution in [1.82, 2.24) is 4.90 Å². The average Bonchev–Trinajstić information content (AvgIpc) is 2.96. The van der Waals surface area contributed by atoms with Gasteiger partial charge >= 0.3 is 5.97 Å². The van der Waals surface area contributed by atoms with Crippen molar-refractivity contribution >= 4 is 11.9 Å². The van der Waals surface area contributed by atoms with Crippen molar-refractivity contribution in [3.05, 3.63) is 11.9 Å². The Morgan fingerprint density at radius 3 is 2.62 bits per heavy atom. The molecule has 4 rings (SSSR count). The van der Waals surface area contributed by atoms with Gasteiger partial charge < -0.3 is 9.64 Å². The molecule has 26 heavy (non-hydrogen) atoms. The highest BCUT2D eigenvalue weighted by Crippen LogP contribution is 2.65. The molecule has 0 aromatic carbocycles. The smallest absolute Gasteiger partial charge is 0.309 e. The van der Waals surface area contributed by atoms with Gasteiger partial charge in [0.15, 0.2) is 5.83 Å². The molecular weight excluding hydrogens is 333 g/mol. The van der Waals surface area contributed by atoms with Crippen LogP contribution in [-0.2, 0) is 14.3 Å². The molecule has 4 nitrogen and oxygen atoms in total. The average molecular weight is 363 g/mol. The van der Waals surface area contributed by atoms with E-state index in [9.17, 15) is 14.0 Å². The summed E-state index contributed by atoms with van der Waals surface area (Å²) in [6, 6.07) is 0.0814. The Morgan fingerprint density at radius 2 is 1.92 bits per heavy atom. The van der Waals surface area contributed by atoms with Gasteiger partial charge in [0.1, 0.15) is 0 Å². The van der Waals surface area contributed by atoms with Gasteiger partial charge in [-0.05, 0) is 67.8 Å². The van der Waals surface area contributed by atoms with Crippen LogP contribution in [0.5, 0.6) is 0 Å². The molecule has 3 saturated carbocycles. The zero-order valence-electron chi connectivity index (χ0n) is 16.3. The minimum atomic E-state index is -0.598. The second-order valence-corrected chi connectivity index (χ2v) is 9.44. The van der Waals surface area contributed by atoms with Crippen LogP contribution in [0.25, 0.3) is 0 Å². The zero-order valence-corrected chi connectivity index (χ0v) is 16.3. The Hall–Kier alpha value is -1.39. The fourth-order valence-corrected chi connectivity index (χ4v) is 7.36. The Bertz CT molecular complexity index is 676. The molecule has 5 heteroatoms. The summed E-state index contributed by atoms with van der Waals surface area (Å²) < 4.78 is 19.5. The molecule has 144 valence electrons. The van der Waals surface area contributed by atoms with Gasteiger partial charge in [-0.1, -0.05) is 13.8 Å². The zero-order chi connectivity index (χ0) is 18.9. The van der Waals surface area contributed by atoms with Gasteiger partial charge in [-0.25, -0.2) is 4.39 Å². The number of methoxy groups -OCH3 is 1. The van der Waals surface area contributed by atoms with E-state index in [4.69, 9.17) is 4.74 Å². The Balaban J connectivity index is 1.68. The third kappa shape index (κ3) is 2.18. The van der Waals surface area contributed by atoms with Crippen LogP contribution in [-0.4, -0.2) is 37.0 Å². The quantitative estimate of drug-likeness (QED) is 0.667. The molecule has 0 aromatic heterocycles. The number of likely N-dealkylation sites (N-methyl/N-ethyl adjacent to an activating group) is 1. The van der Waals surface area contributed by atoms with Crippen molar-refractivity contribution in [1.29, 1.82) is 0 Å². The molecular formula is C21H30FNO3. The largest absolute Gasteiger partial charge is 0.469 e. The molecule has 3 fully saturated rings. The molecule has 3 aliphatic carbocycles. The minimum absolute atomic E-state index is 0.00387. The molecule has 0 aromatic rings. The van der Waals surface area contributed by atoms with Crippen LogP contribution < -0.4 is 0 Å². The van der Waals surface area contributed by atoms with Crippen LogP contribution in [0, 0.1) is 34.5 Å². The van der Waals surface area contributed by atoms with Gasteiger partial charge in [0.2, 0.25) is 0 Å². The van der Waals surface area contributed by atoms with Crippen LogP contribution in [0.1, 0.15) is 52.4 Å². The number of carbonyl (C=O) groups is 2. The normalized spacial score (nSPS) is 47.6. The molecule has 4 aliphatic rings. The van der Waals surface area contributed by atoms with E-state index in [1.54, 1.807) is 18.0 Å². The monoisotopic (exact) mass is 363 g/mol. The molecule has 0 radical (unpaired) electrons. The third-order valence-corrected chi connectivity index (χ3v) is 8.64. The van der Waals surface area contributed by atoms with Crippen molar-refractivity contribution in [3.8, 4) is 0 Å². The lowest BCUT2D eigenvalue weighted by atomic mass is 9.47. The number of fused-ring (bicyclic) bond motifs is 5. The number of rotatable bonds is 1. The molecule has 1 heterocycles. The number of hydrogen-bond acceptors (Lipinski definition) is 3. The molecule has 7 atom stereocenters. The first-order valence-electron chi connectivity index (χ1n) is 9.97. The molecule has 1 amide bonds. The number of carbonyl (C=O) groups excluding carboxylic acids is 2. The van der Waals surface area contributed by atoms with Gasteiger partial charge in [-0.15, -0.1) is 0 Å². The Labute approximate surface area is 155 Å². The van der Waals surface area contributed by atoms with Gasteiger partial charge in [0, 0.05) is 18.5 Å². The van der Waals surface area contributed by atoms with Crippen LogP contribution in [0.4, 0.5) is 4.39 Å². The van der Waals surface area contributed by atoms with Crippen LogP contribution in [0.3, 0.4) is 0 Å². The highest BCUT2D eigenvalue weighted by molar-refractivity contribution is 5.92. The predicted molar refractivity (Wildman–Crippen MR) is 95.6 cm³/mol. The number of esters is 1. The Kier molecular flexibility index (Phi) is 4.02. The summed E-state index contributed by atoms with van der Waals surface area (Å²) in [5.74, 6) is 0.210. The van der Waals surface area contributed by atoms with E-state index >= 15 is 0 Å². The second-order valence-electron chi connectivity index (χ2n) is 9.44. The second kappa shape index (κ2) is 5.80.